The number of nitrogens with zero attached hydrogens (tertiary/aromatic N) is 4. The van der Waals surface area contributed by atoms with Gasteiger partial charge in [-0.05, 0) is 74.2 Å². The number of amides is 3. The molecule has 0 radical (unpaired) electrons. The number of aromatic nitrogens is 4. The van der Waals surface area contributed by atoms with Gasteiger partial charge in [-0.2, -0.15) is 26.7 Å². The average molecular weight is 1060 g/mol. The quantitative estimate of drug-likeness (QED) is 0.0189. The molecule has 0 aliphatic carbocycles. The molecule has 28 heteroatoms. The lowest BCUT2D eigenvalue weighted by Gasteiger charge is -2.19. The number of benzene rings is 3. The summed E-state index contributed by atoms with van der Waals surface area (Å²) in [6.07, 6.45) is 6.60. The number of carbonyl (C=O) groups excluding carboxylic acids is 3. The third kappa shape index (κ3) is 14.6. The van der Waals surface area contributed by atoms with Crippen LogP contribution in [0.5, 0.6) is 0 Å². The van der Waals surface area contributed by atoms with Gasteiger partial charge in [0.05, 0.1) is 22.2 Å². The summed E-state index contributed by atoms with van der Waals surface area (Å²) in [6, 6.07) is 12.4. The minimum atomic E-state index is -4.85. The fourth-order valence-corrected chi connectivity index (χ4v) is 10.5. The molecule has 73 heavy (non-hydrogen) atoms. The highest BCUT2D eigenvalue weighted by atomic mass is 32.2. The van der Waals surface area contributed by atoms with Crippen LogP contribution in [0.3, 0.4) is 0 Å². The van der Waals surface area contributed by atoms with Crippen LogP contribution in [0.25, 0.3) is 10.9 Å². The van der Waals surface area contributed by atoms with E-state index < -0.39 is 94.2 Å². The monoisotopic (exact) mass is 1060 g/mol. The van der Waals surface area contributed by atoms with Gasteiger partial charge in [0.25, 0.3) is 32.1 Å². The second-order valence-electron chi connectivity index (χ2n) is 16.4. The maximum Gasteiger partial charge on any atom is 0.323 e. The number of sulfonamides is 1. The van der Waals surface area contributed by atoms with Crippen molar-refractivity contribution in [1.29, 1.82) is 0 Å². The minimum absolute atomic E-state index is 0.00230. The number of pyridine rings is 2. The van der Waals surface area contributed by atoms with Crippen molar-refractivity contribution in [1.82, 2.24) is 40.2 Å². The summed E-state index contributed by atoms with van der Waals surface area (Å²) in [7, 11) is -13.8. The second-order valence-corrected chi connectivity index (χ2v) is 20.9. The molecule has 386 valence electrons. The lowest BCUT2D eigenvalue weighted by molar-refractivity contribution is -0.138. The summed E-state index contributed by atoms with van der Waals surface area (Å²) in [5.74, 6) is -5.28. The molecule has 3 aromatic carbocycles. The highest BCUT2D eigenvalue weighted by molar-refractivity contribution is 7.89. The van der Waals surface area contributed by atoms with Crippen LogP contribution in [0.1, 0.15) is 55.0 Å². The van der Waals surface area contributed by atoms with Crippen molar-refractivity contribution in [2.75, 3.05) is 29.6 Å². The molecular weight excluding hydrogens is 1010 g/mol. The number of rotatable bonds is 23. The fourth-order valence-electron chi connectivity index (χ4n) is 7.55. The maximum absolute atomic E-state index is 13.9. The number of carboxylic acids is 1. The Morgan fingerprint density at radius 1 is 0.877 bits per heavy atom. The van der Waals surface area contributed by atoms with Gasteiger partial charge >= 0.3 is 5.97 Å². The van der Waals surface area contributed by atoms with Gasteiger partial charge < -0.3 is 35.9 Å². The van der Waals surface area contributed by atoms with E-state index in [0.717, 1.165) is 18.0 Å². The average Bonchev–Trinajstić information content (AvgIpc) is 3.84. The molecule has 3 heterocycles. The highest BCUT2D eigenvalue weighted by Gasteiger charge is 2.30. The van der Waals surface area contributed by atoms with E-state index in [1.165, 1.54) is 53.2 Å². The predicted octanol–water partition coefficient (Wildman–Crippen LogP) is 1.70. The number of hydrogen-bond donors (Lipinski definition) is 10. The number of imidazole rings is 1. The van der Waals surface area contributed by atoms with Crippen LogP contribution in [0.15, 0.2) is 111 Å². The molecule has 0 aliphatic heterocycles. The highest BCUT2D eigenvalue weighted by Crippen LogP contribution is 2.22. The number of carboxylic acid groups (broad SMARTS) is 1. The minimum Gasteiger partial charge on any atom is -0.480 e. The topological polar surface area (TPSA) is 379 Å². The molecule has 10 N–H and O–H groups in total. The van der Waals surface area contributed by atoms with Gasteiger partial charge in [-0.25, -0.2) is 18.4 Å². The van der Waals surface area contributed by atoms with Crippen LogP contribution in [-0.4, -0.2) is 120 Å². The first kappa shape index (κ1) is 54.4. The van der Waals surface area contributed by atoms with Gasteiger partial charge in [0, 0.05) is 61.9 Å². The standard InChI is InChI=1S/C45H49N11O14S3/c1-26-17-27(2)40(28(3)18-26)72(66,67)55-34(44(61)62)23-50-42(59)33-24-56(36-19-29(9-11-32(36)39(33)57)20-51-45-47-14-15-48-45)16-6-13-46-43(60)35(25-71(63,64)65)53-41(58)31-10-12-38(49-21-31)54-52-22-30-7-4-5-8-37(30)73(68,69)70/h4-5,7-12,14-15,17-19,21-22,24,34-35,55H,6,13,16,20,23,25H2,1-3H3,(H,46,60)(H,49,54)(H,50,59)(H,53,58)(H,61,62)(H2,47,48,51)(H,63,64,65)(H,68,69,70)/b52-22+/t34-,35-/m0/s1. The molecule has 3 amide bonds. The number of aromatic amines is 1. The van der Waals surface area contributed by atoms with E-state index in [9.17, 15) is 63.4 Å². The third-order valence-electron chi connectivity index (χ3n) is 10.8. The number of aliphatic carboxylic acids is 1. The van der Waals surface area contributed by atoms with E-state index in [-0.39, 0.29) is 53.3 Å². The lowest BCUT2D eigenvalue weighted by Crippen LogP contribution is -2.50. The van der Waals surface area contributed by atoms with Crippen molar-refractivity contribution in [2.45, 2.75) is 62.2 Å². The lowest BCUT2D eigenvalue weighted by atomic mass is 10.1. The molecule has 25 nitrogen and oxygen atoms in total. The summed E-state index contributed by atoms with van der Waals surface area (Å²) >= 11 is 0. The smallest absolute Gasteiger partial charge is 0.323 e. The Morgan fingerprint density at radius 2 is 1.60 bits per heavy atom. The van der Waals surface area contributed by atoms with Gasteiger partial charge in [0.2, 0.25) is 21.4 Å². The second kappa shape index (κ2) is 23.1. The van der Waals surface area contributed by atoms with Gasteiger partial charge in [-0.3, -0.25) is 38.5 Å². The molecule has 6 aromatic rings. The summed E-state index contributed by atoms with van der Waals surface area (Å²) in [6.45, 7) is 4.21. The maximum atomic E-state index is 13.9. The van der Waals surface area contributed by atoms with Gasteiger partial charge in [0.1, 0.15) is 34.1 Å². The van der Waals surface area contributed by atoms with E-state index >= 15 is 0 Å². The van der Waals surface area contributed by atoms with Gasteiger partial charge in [0.15, 0.2) is 5.95 Å². The van der Waals surface area contributed by atoms with E-state index in [0.29, 0.717) is 28.2 Å². The van der Waals surface area contributed by atoms with Gasteiger partial charge in [-0.1, -0.05) is 42.0 Å². The van der Waals surface area contributed by atoms with Crippen LogP contribution in [-0.2, 0) is 52.9 Å². The number of aryl methyl sites for hydroxylation is 4. The van der Waals surface area contributed by atoms with Crippen molar-refractivity contribution in [3.8, 4) is 0 Å². The van der Waals surface area contributed by atoms with E-state index in [1.807, 2.05) is 0 Å². The molecule has 0 bridgehead atoms. The number of nitrogens with one attached hydrogen (secondary N) is 7. The van der Waals surface area contributed by atoms with Crippen LogP contribution >= 0.6 is 0 Å². The molecule has 0 aliphatic rings. The Labute approximate surface area is 417 Å². The molecule has 0 fully saturated rings. The fraction of sp³-hybridized carbons (Fsp3) is 0.244. The zero-order valence-electron chi connectivity index (χ0n) is 39.0. The Hall–Kier alpha value is -7.89. The molecule has 0 unspecified atom stereocenters. The SMILES string of the molecule is Cc1cc(C)c(S(=O)(=O)N[C@@H](CNC(=O)c2cn(CCCNC(=O)[C@H](CS(=O)(=O)O)NC(=O)c3ccc(N/N=C/c4ccccc4S(=O)(=O)O)nc3)c3cc(CNc4ncc[nH]4)ccc3c2=O)C(=O)O)c(C)c1. The largest absolute Gasteiger partial charge is 0.480 e. The number of hydrogen-bond acceptors (Lipinski definition) is 16. The Bertz CT molecular complexity index is 3470. The Balaban J connectivity index is 1.15. The first-order valence-corrected chi connectivity index (χ1v) is 26.3. The number of anilines is 2. The van der Waals surface area contributed by atoms with Crippen LogP contribution in [0, 0.1) is 20.8 Å². The number of carbonyl (C=O) groups is 4. The molecule has 0 saturated heterocycles. The van der Waals surface area contributed by atoms with Crippen molar-refractivity contribution < 1.29 is 58.6 Å². The number of hydrazone groups is 1. The van der Waals surface area contributed by atoms with Gasteiger partial charge in [-0.15, -0.1) is 0 Å². The van der Waals surface area contributed by atoms with Crippen molar-refractivity contribution >= 4 is 82.8 Å². The molecule has 2 atom stereocenters. The molecule has 6 rings (SSSR count). The Morgan fingerprint density at radius 3 is 2.25 bits per heavy atom. The van der Waals surface area contributed by atoms with Crippen molar-refractivity contribution in [3.05, 3.63) is 141 Å². The number of fused-ring (bicyclic) bond motifs is 1. The van der Waals surface area contributed by atoms with Crippen LogP contribution in [0.4, 0.5) is 11.8 Å². The third-order valence-corrected chi connectivity index (χ3v) is 14.2. The molecule has 3 aromatic heterocycles. The van der Waals surface area contributed by atoms with E-state index in [2.05, 4.69) is 51.5 Å². The summed E-state index contributed by atoms with van der Waals surface area (Å²) in [5.41, 5.74) is 3.83. The molecule has 0 spiro atoms. The zero-order chi connectivity index (χ0) is 53.3. The summed E-state index contributed by atoms with van der Waals surface area (Å²) in [5, 5.41) is 24.1. The number of H-pyrrole nitrogens is 1. The van der Waals surface area contributed by atoms with E-state index in [1.54, 1.807) is 57.4 Å². The first-order chi connectivity index (χ1) is 34.4. The van der Waals surface area contributed by atoms with E-state index in [4.69, 9.17) is 0 Å². The van der Waals surface area contributed by atoms with Crippen molar-refractivity contribution in [3.63, 3.8) is 0 Å². The van der Waals surface area contributed by atoms with Crippen LogP contribution in [0.2, 0.25) is 0 Å². The predicted molar refractivity (Wildman–Crippen MR) is 266 cm³/mol. The summed E-state index contributed by atoms with van der Waals surface area (Å²) < 4.78 is 96.8. The first-order valence-electron chi connectivity index (χ1n) is 21.8. The normalized spacial score (nSPS) is 12.8. The zero-order valence-corrected chi connectivity index (χ0v) is 41.4. The summed E-state index contributed by atoms with van der Waals surface area (Å²) in [4.78, 5) is 77.0. The van der Waals surface area contributed by atoms with Crippen molar-refractivity contribution in [2.24, 2.45) is 5.10 Å². The molecular formula is C45H49N11O14S3. The molecule has 0 saturated carbocycles. The Kier molecular flexibility index (Phi) is 17.2. The van der Waals surface area contributed by atoms with Crippen LogP contribution < -0.4 is 36.8 Å².